The first kappa shape index (κ1) is 21.8. The molecule has 3 aromatic carbocycles. The summed E-state index contributed by atoms with van der Waals surface area (Å²) in [6.07, 6.45) is -1.42. The van der Waals surface area contributed by atoms with Gasteiger partial charge in [0.1, 0.15) is 0 Å². The smallest absolute Gasteiger partial charge is 0.308 e. The van der Waals surface area contributed by atoms with Crippen LogP contribution in [0.2, 0.25) is 0 Å². The van der Waals surface area contributed by atoms with Crippen LogP contribution >= 0.6 is 6.89 Å². The summed E-state index contributed by atoms with van der Waals surface area (Å²) in [6.45, 7) is -2.41. The van der Waals surface area contributed by atoms with E-state index >= 15 is 0 Å². The minimum absolute atomic E-state index is 0.136. The fourth-order valence-corrected chi connectivity index (χ4v) is 7.32. The normalized spacial score (nSPS) is 12.1. The molecule has 3 rings (SSSR count). The number of ether oxygens (including phenoxy) is 1. The third kappa shape index (κ3) is 4.96. The minimum atomic E-state index is -2.41. The third-order valence-corrected chi connectivity index (χ3v) is 8.91. The van der Waals surface area contributed by atoms with Crippen molar-refractivity contribution in [2.24, 2.45) is 0 Å². The molecule has 1 atom stereocenters. The van der Waals surface area contributed by atoms with E-state index in [9.17, 15) is 14.7 Å². The number of ketones is 1. The molecule has 0 saturated carbocycles. The quantitative estimate of drug-likeness (QED) is 0.450. The number of carbonyl (C=O) groups excluding carboxylic acids is 2. The number of Topliss-reactive ketones (excluding diaryl/α,β-unsaturated/α-hetero) is 1. The highest BCUT2D eigenvalue weighted by Crippen LogP contribution is 2.43. The van der Waals surface area contributed by atoms with Crippen LogP contribution in [-0.2, 0) is 14.3 Å². The second-order valence-corrected chi connectivity index (χ2v) is 10.2. The van der Waals surface area contributed by atoms with Crippen LogP contribution in [0.1, 0.15) is 12.8 Å². The predicted molar refractivity (Wildman–Crippen MR) is 123 cm³/mol. The fraction of sp³-hybridized carbons (Fsp3) is 0.160. The van der Waals surface area contributed by atoms with E-state index in [0.29, 0.717) is 0 Å². The molecule has 0 aliphatic heterocycles. The van der Waals surface area contributed by atoms with E-state index < -0.39 is 19.0 Å². The number of benzene rings is 3. The van der Waals surface area contributed by atoms with Crippen molar-refractivity contribution >= 4 is 40.3 Å². The molecular formula is C25H25O4P. The fourth-order valence-electron chi connectivity index (χ4n) is 3.51. The number of hydrogen-bond donors (Lipinski definition) is 1. The van der Waals surface area contributed by atoms with Gasteiger partial charge in [0.05, 0.1) is 19.6 Å². The van der Waals surface area contributed by atoms with Crippen molar-refractivity contribution in [2.75, 3.05) is 7.11 Å². The van der Waals surface area contributed by atoms with Crippen molar-refractivity contribution in [3.63, 3.8) is 0 Å². The summed E-state index contributed by atoms with van der Waals surface area (Å²) in [5.74, 6) is 1.04. The zero-order chi connectivity index (χ0) is 21.4. The van der Waals surface area contributed by atoms with Crippen molar-refractivity contribution in [1.82, 2.24) is 0 Å². The first-order valence-corrected chi connectivity index (χ1v) is 11.6. The molecule has 0 saturated heterocycles. The highest BCUT2D eigenvalue weighted by Gasteiger charge is 2.27. The Balaban J connectivity index is 2.17. The lowest BCUT2D eigenvalue weighted by Crippen LogP contribution is -2.29. The van der Waals surface area contributed by atoms with Gasteiger partial charge in [-0.1, -0.05) is 91.0 Å². The summed E-state index contributed by atoms with van der Waals surface area (Å²) >= 11 is 0. The van der Waals surface area contributed by atoms with Gasteiger partial charge in [0, 0.05) is 6.42 Å². The van der Waals surface area contributed by atoms with E-state index in [1.807, 2.05) is 91.0 Å². The number of rotatable bonds is 8. The SMILES string of the molecule is COC(=O)C[C@H](O)CC(=O)C=P(c1ccccc1)(c1ccccc1)c1ccccc1. The summed E-state index contributed by atoms with van der Waals surface area (Å²) in [5.41, 5.74) is 0. The summed E-state index contributed by atoms with van der Waals surface area (Å²) in [4.78, 5) is 24.6. The van der Waals surface area contributed by atoms with Gasteiger partial charge in [0.2, 0.25) is 0 Å². The van der Waals surface area contributed by atoms with Crippen LogP contribution in [0.3, 0.4) is 0 Å². The van der Waals surface area contributed by atoms with Gasteiger partial charge in [-0.2, -0.15) is 0 Å². The maximum absolute atomic E-state index is 13.1. The Labute approximate surface area is 177 Å². The Morgan fingerprint density at radius 2 is 1.20 bits per heavy atom. The van der Waals surface area contributed by atoms with Crippen molar-refractivity contribution < 1.29 is 19.4 Å². The van der Waals surface area contributed by atoms with Gasteiger partial charge in [0.15, 0.2) is 5.78 Å². The maximum Gasteiger partial charge on any atom is 0.308 e. The van der Waals surface area contributed by atoms with Gasteiger partial charge in [-0.3, -0.25) is 9.59 Å². The number of aliphatic hydroxyl groups excluding tert-OH is 1. The standard InChI is InChI=1S/C25H25O4P/c1-29-25(28)18-20(26)17-21(27)19-30(22-11-5-2-6-12-22,23-13-7-3-8-14-23)24-15-9-4-10-16-24/h2-16,19-20,26H,17-18H2,1H3/t20-/m1/s1. The summed E-state index contributed by atoms with van der Waals surface area (Å²) in [7, 11) is 1.26. The zero-order valence-corrected chi connectivity index (χ0v) is 17.7. The van der Waals surface area contributed by atoms with Crippen LogP contribution in [0.25, 0.3) is 0 Å². The first-order chi connectivity index (χ1) is 14.6. The second kappa shape index (κ2) is 10.2. The molecule has 0 heterocycles. The summed E-state index contributed by atoms with van der Waals surface area (Å²) in [6, 6.07) is 30.0. The van der Waals surface area contributed by atoms with E-state index in [2.05, 4.69) is 4.74 Å². The van der Waals surface area contributed by atoms with E-state index in [1.165, 1.54) is 7.11 Å². The molecule has 0 amide bonds. The topological polar surface area (TPSA) is 63.6 Å². The van der Waals surface area contributed by atoms with Gasteiger partial charge in [0.25, 0.3) is 0 Å². The Morgan fingerprint density at radius 3 is 1.57 bits per heavy atom. The van der Waals surface area contributed by atoms with E-state index in [1.54, 1.807) is 5.80 Å². The molecule has 3 aromatic rings. The number of aliphatic hydroxyl groups is 1. The Kier molecular flexibility index (Phi) is 7.40. The number of esters is 1. The van der Waals surface area contributed by atoms with E-state index in [0.717, 1.165) is 15.9 Å². The average molecular weight is 420 g/mol. The minimum Gasteiger partial charge on any atom is -0.469 e. The molecule has 0 fully saturated rings. The van der Waals surface area contributed by atoms with Crippen molar-refractivity contribution in [3.05, 3.63) is 91.0 Å². The molecule has 4 nitrogen and oxygen atoms in total. The van der Waals surface area contributed by atoms with Crippen molar-refractivity contribution in [3.8, 4) is 0 Å². The molecule has 0 unspecified atom stereocenters. The zero-order valence-electron chi connectivity index (χ0n) is 16.8. The molecule has 0 spiro atoms. The molecule has 0 aliphatic carbocycles. The number of methoxy groups -OCH3 is 1. The number of carbonyl (C=O) groups is 2. The molecule has 0 bridgehead atoms. The molecule has 0 radical (unpaired) electrons. The lowest BCUT2D eigenvalue weighted by Gasteiger charge is -2.28. The maximum atomic E-state index is 13.1. The van der Waals surface area contributed by atoms with Crippen LogP contribution in [0.15, 0.2) is 91.0 Å². The third-order valence-electron chi connectivity index (χ3n) is 4.89. The molecule has 154 valence electrons. The highest BCUT2D eigenvalue weighted by molar-refractivity contribution is 7.95. The van der Waals surface area contributed by atoms with E-state index in [4.69, 9.17) is 0 Å². The Morgan fingerprint density at radius 1 is 0.800 bits per heavy atom. The molecular weight excluding hydrogens is 395 g/mol. The molecule has 5 heteroatoms. The van der Waals surface area contributed by atoms with Crippen molar-refractivity contribution in [2.45, 2.75) is 18.9 Å². The van der Waals surface area contributed by atoms with Gasteiger partial charge < -0.3 is 9.84 Å². The lowest BCUT2D eigenvalue weighted by atomic mass is 10.1. The van der Waals surface area contributed by atoms with E-state index in [-0.39, 0.29) is 18.6 Å². The molecule has 0 aliphatic rings. The lowest BCUT2D eigenvalue weighted by molar-refractivity contribution is -0.142. The monoisotopic (exact) mass is 420 g/mol. The van der Waals surface area contributed by atoms with Gasteiger partial charge >= 0.3 is 5.97 Å². The Hall–Kier alpha value is -2.94. The highest BCUT2D eigenvalue weighted by atomic mass is 31.2. The molecule has 30 heavy (non-hydrogen) atoms. The molecule has 1 N–H and O–H groups in total. The average Bonchev–Trinajstić information content (AvgIpc) is 2.79. The van der Waals surface area contributed by atoms with Crippen LogP contribution < -0.4 is 15.9 Å². The van der Waals surface area contributed by atoms with Gasteiger partial charge in [-0.05, 0) is 28.6 Å². The van der Waals surface area contributed by atoms with Gasteiger partial charge in [-0.25, -0.2) is 0 Å². The van der Waals surface area contributed by atoms with Crippen molar-refractivity contribution in [1.29, 1.82) is 0 Å². The first-order valence-electron chi connectivity index (χ1n) is 9.75. The Bertz CT molecular complexity index is 927. The summed E-state index contributed by atoms with van der Waals surface area (Å²) in [5, 5.41) is 13.4. The van der Waals surface area contributed by atoms with Crippen LogP contribution in [0.5, 0.6) is 0 Å². The van der Waals surface area contributed by atoms with Crippen LogP contribution in [-0.4, -0.2) is 35.9 Å². The predicted octanol–water partition coefficient (Wildman–Crippen LogP) is 2.67. The second-order valence-electron chi connectivity index (χ2n) is 6.96. The largest absolute Gasteiger partial charge is 0.469 e. The number of hydrogen-bond acceptors (Lipinski definition) is 4. The van der Waals surface area contributed by atoms with Crippen LogP contribution in [0, 0.1) is 0 Å². The molecule has 0 aromatic heterocycles. The summed E-state index contributed by atoms with van der Waals surface area (Å²) < 4.78 is 4.60. The van der Waals surface area contributed by atoms with Gasteiger partial charge in [-0.15, -0.1) is 0 Å². The van der Waals surface area contributed by atoms with Crippen LogP contribution in [0.4, 0.5) is 0 Å².